The number of amides is 1. The first kappa shape index (κ1) is 18.5. The molecule has 0 saturated heterocycles. The molecule has 0 bridgehead atoms. The van der Waals surface area contributed by atoms with Gasteiger partial charge in [0.05, 0.1) is 18.4 Å². The average Bonchev–Trinajstić information content (AvgIpc) is 3.16. The van der Waals surface area contributed by atoms with Crippen LogP contribution in [0, 0.1) is 0 Å². The van der Waals surface area contributed by atoms with Crippen LogP contribution in [0.15, 0.2) is 53.7 Å². The van der Waals surface area contributed by atoms with Crippen LogP contribution >= 0.6 is 11.8 Å². The standard InChI is InChI=1S/C18H16N4O4S/c1-26-14-7-5-11(6-8-14)16-20-18(22-21-16)27-10-15(23)19-13-4-2-3-12(9-13)17(24)25/h2-9H,10H2,1H3,(H,19,23)(H,24,25)(H,20,21,22). The first-order chi connectivity index (χ1) is 13.0. The summed E-state index contributed by atoms with van der Waals surface area (Å²) in [5, 5.41) is 19.0. The first-order valence-corrected chi connectivity index (χ1v) is 8.86. The van der Waals surface area contributed by atoms with Crippen molar-refractivity contribution in [2.75, 3.05) is 18.2 Å². The second-order valence-corrected chi connectivity index (χ2v) is 6.36. The van der Waals surface area contributed by atoms with Crippen molar-refractivity contribution >= 4 is 29.3 Å². The second-order valence-electron chi connectivity index (χ2n) is 5.42. The molecule has 0 aliphatic heterocycles. The molecule has 2 aromatic carbocycles. The van der Waals surface area contributed by atoms with Gasteiger partial charge in [-0.05, 0) is 42.5 Å². The van der Waals surface area contributed by atoms with Crippen LogP contribution in [0.3, 0.4) is 0 Å². The van der Waals surface area contributed by atoms with E-state index in [-0.39, 0.29) is 17.2 Å². The summed E-state index contributed by atoms with van der Waals surface area (Å²) >= 11 is 1.17. The number of carboxylic acids is 1. The Morgan fingerprint density at radius 2 is 2.00 bits per heavy atom. The van der Waals surface area contributed by atoms with Crippen LogP contribution in [-0.4, -0.2) is 45.0 Å². The molecule has 1 aromatic heterocycles. The Morgan fingerprint density at radius 1 is 1.22 bits per heavy atom. The van der Waals surface area contributed by atoms with Gasteiger partial charge in [-0.15, -0.1) is 5.10 Å². The minimum atomic E-state index is -1.05. The summed E-state index contributed by atoms with van der Waals surface area (Å²) in [6.45, 7) is 0. The lowest BCUT2D eigenvalue weighted by atomic mass is 10.2. The van der Waals surface area contributed by atoms with E-state index in [2.05, 4.69) is 20.5 Å². The maximum absolute atomic E-state index is 12.1. The molecule has 3 rings (SSSR count). The Balaban J connectivity index is 1.57. The van der Waals surface area contributed by atoms with Crippen molar-refractivity contribution in [3.05, 3.63) is 54.1 Å². The largest absolute Gasteiger partial charge is 0.497 e. The Labute approximate surface area is 159 Å². The smallest absolute Gasteiger partial charge is 0.335 e. The number of hydrogen-bond acceptors (Lipinski definition) is 6. The molecule has 9 heteroatoms. The van der Waals surface area contributed by atoms with E-state index in [1.165, 1.54) is 23.9 Å². The molecule has 0 aliphatic rings. The number of aromatic amines is 1. The topological polar surface area (TPSA) is 117 Å². The Hall–Kier alpha value is -3.33. The number of benzene rings is 2. The van der Waals surface area contributed by atoms with Gasteiger partial charge in [0.25, 0.3) is 0 Å². The van der Waals surface area contributed by atoms with Gasteiger partial charge >= 0.3 is 5.97 Å². The van der Waals surface area contributed by atoms with Crippen LogP contribution < -0.4 is 10.1 Å². The van der Waals surface area contributed by atoms with Crippen LogP contribution in [0.4, 0.5) is 5.69 Å². The van der Waals surface area contributed by atoms with Crippen molar-refractivity contribution < 1.29 is 19.4 Å². The number of anilines is 1. The highest BCUT2D eigenvalue weighted by Gasteiger charge is 2.10. The van der Waals surface area contributed by atoms with Gasteiger partial charge in [0.15, 0.2) is 5.82 Å². The summed E-state index contributed by atoms with van der Waals surface area (Å²) < 4.78 is 5.12. The number of H-pyrrole nitrogens is 1. The van der Waals surface area contributed by atoms with E-state index in [1.807, 2.05) is 24.3 Å². The first-order valence-electron chi connectivity index (χ1n) is 7.88. The Bertz CT molecular complexity index is 956. The van der Waals surface area contributed by atoms with Gasteiger partial charge in [0, 0.05) is 11.3 Å². The van der Waals surface area contributed by atoms with E-state index >= 15 is 0 Å². The van der Waals surface area contributed by atoms with Crippen LogP contribution in [0.5, 0.6) is 5.75 Å². The summed E-state index contributed by atoms with van der Waals surface area (Å²) in [6, 6.07) is 13.4. The molecule has 0 radical (unpaired) electrons. The lowest BCUT2D eigenvalue weighted by molar-refractivity contribution is -0.113. The number of methoxy groups -OCH3 is 1. The lowest BCUT2D eigenvalue weighted by Crippen LogP contribution is -2.14. The number of nitrogens with one attached hydrogen (secondary N) is 2. The van der Waals surface area contributed by atoms with Gasteiger partial charge in [0.2, 0.25) is 11.1 Å². The summed E-state index contributed by atoms with van der Waals surface area (Å²) in [7, 11) is 1.60. The van der Waals surface area contributed by atoms with E-state index in [0.29, 0.717) is 16.7 Å². The third-order valence-corrected chi connectivity index (χ3v) is 4.40. The molecule has 3 aromatic rings. The fourth-order valence-electron chi connectivity index (χ4n) is 2.25. The van der Waals surface area contributed by atoms with Gasteiger partial charge in [-0.3, -0.25) is 9.89 Å². The third kappa shape index (κ3) is 4.85. The van der Waals surface area contributed by atoms with Crippen LogP contribution in [0.2, 0.25) is 0 Å². The highest BCUT2D eigenvalue weighted by atomic mass is 32.2. The molecule has 0 aliphatic carbocycles. The maximum atomic E-state index is 12.1. The summed E-state index contributed by atoms with van der Waals surface area (Å²) in [4.78, 5) is 27.4. The molecular formula is C18H16N4O4S. The van der Waals surface area contributed by atoms with Crippen LogP contribution in [0.25, 0.3) is 11.4 Å². The normalized spacial score (nSPS) is 10.4. The zero-order chi connectivity index (χ0) is 19.2. The SMILES string of the molecule is COc1ccc(-c2nc(SCC(=O)Nc3cccc(C(=O)O)c3)n[nH]2)cc1. The van der Waals surface area contributed by atoms with Crippen molar-refractivity contribution in [3.63, 3.8) is 0 Å². The molecule has 138 valence electrons. The Kier molecular flexibility index (Phi) is 5.72. The van der Waals surface area contributed by atoms with Crippen molar-refractivity contribution in [1.82, 2.24) is 15.2 Å². The summed E-state index contributed by atoms with van der Waals surface area (Å²) in [5.41, 5.74) is 1.39. The van der Waals surface area contributed by atoms with Gasteiger partial charge in [-0.2, -0.15) is 0 Å². The maximum Gasteiger partial charge on any atom is 0.335 e. The molecule has 8 nitrogen and oxygen atoms in total. The highest BCUT2D eigenvalue weighted by molar-refractivity contribution is 7.99. The average molecular weight is 384 g/mol. The lowest BCUT2D eigenvalue weighted by Gasteiger charge is -2.04. The third-order valence-electron chi connectivity index (χ3n) is 3.55. The molecular weight excluding hydrogens is 368 g/mol. The molecule has 1 heterocycles. The monoisotopic (exact) mass is 384 g/mol. The van der Waals surface area contributed by atoms with Crippen LogP contribution in [0.1, 0.15) is 10.4 Å². The number of ether oxygens (including phenoxy) is 1. The molecule has 0 spiro atoms. The van der Waals surface area contributed by atoms with Crippen molar-refractivity contribution in [1.29, 1.82) is 0 Å². The van der Waals surface area contributed by atoms with E-state index in [0.717, 1.165) is 11.3 Å². The van der Waals surface area contributed by atoms with Crippen LogP contribution in [-0.2, 0) is 4.79 Å². The minimum absolute atomic E-state index is 0.0944. The summed E-state index contributed by atoms with van der Waals surface area (Å²) in [5.74, 6) is 0.105. The van der Waals surface area contributed by atoms with Crippen molar-refractivity contribution in [2.45, 2.75) is 5.16 Å². The quantitative estimate of drug-likeness (QED) is 0.536. The molecule has 0 unspecified atom stereocenters. The summed E-state index contributed by atoms with van der Waals surface area (Å²) in [6.07, 6.45) is 0. The number of thioether (sulfide) groups is 1. The van der Waals surface area contributed by atoms with E-state index in [4.69, 9.17) is 9.84 Å². The number of nitrogens with zero attached hydrogens (tertiary/aromatic N) is 2. The molecule has 3 N–H and O–H groups in total. The number of carbonyl (C=O) groups excluding carboxylic acids is 1. The molecule has 1 amide bonds. The number of rotatable bonds is 7. The zero-order valence-electron chi connectivity index (χ0n) is 14.3. The van der Waals surface area contributed by atoms with Gasteiger partial charge in [-0.25, -0.2) is 9.78 Å². The second kappa shape index (κ2) is 8.37. The van der Waals surface area contributed by atoms with E-state index in [1.54, 1.807) is 19.2 Å². The molecule has 27 heavy (non-hydrogen) atoms. The van der Waals surface area contributed by atoms with E-state index < -0.39 is 5.97 Å². The van der Waals surface area contributed by atoms with E-state index in [9.17, 15) is 9.59 Å². The minimum Gasteiger partial charge on any atom is -0.497 e. The predicted octanol–water partition coefficient (Wildman–Crippen LogP) is 2.91. The number of carbonyl (C=O) groups is 2. The fraction of sp³-hybridized carbons (Fsp3) is 0.111. The number of aromatic carboxylic acids is 1. The molecule has 0 saturated carbocycles. The zero-order valence-corrected chi connectivity index (χ0v) is 15.1. The van der Waals surface area contributed by atoms with Gasteiger partial charge < -0.3 is 15.2 Å². The number of carboxylic acid groups (broad SMARTS) is 1. The van der Waals surface area contributed by atoms with Crippen molar-refractivity contribution in [2.24, 2.45) is 0 Å². The fourth-order valence-corrected chi connectivity index (χ4v) is 2.84. The highest BCUT2D eigenvalue weighted by Crippen LogP contribution is 2.22. The number of hydrogen-bond donors (Lipinski definition) is 3. The Morgan fingerprint density at radius 3 is 2.70 bits per heavy atom. The van der Waals surface area contributed by atoms with Crippen molar-refractivity contribution in [3.8, 4) is 17.1 Å². The number of aromatic nitrogens is 3. The predicted molar refractivity (Wildman–Crippen MR) is 101 cm³/mol. The van der Waals surface area contributed by atoms with Gasteiger partial charge in [-0.1, -0.05) is 17.8 Å². The molecule has 0 fully saturated rings. The molecule has 0 atom stereocenters. The van der Waals surface area contributed by atoms with Gasteiger partial charge in [0.1, 0.15) is 5.75 Å².